The van der Waals surface area contributed by atoms with Gasteiger partial charge in [0.05, 0.1) is 18.6 Å². The Balaban J connectivity index is 1.44. The van der Waals surface area contributed by atoms with Gasteiger partial charge >= 0.3 is 39.2 Å². The molecule has 1 aromatic carbocycles. The molecule has 3 saturated heterocycles. The molecule has 3 aliphatic heterocycles. The number of rotatable bonds is 8. The van der Waals surface area contributed by atoms with E-state index in [-0.39, 0.29) is 5.56 Å². The summed E-state index contributed by atoms with van der Waals surface area (Å²) in [7, 11) is -6.44. The Morgan fingerprint density at radius 3 is 2.32 bits per heavy atom. The van der Waals surface area contributed by atoms with E-state index in [0.717, 1.165) is 0 Å². The van der Waals surface area contributed by atoms with E-state index in [0.29, 0.717) is 0 Å². The van der Waals surface area contributed by atoms with Crippen molar-refractivity contribution in [3.05, 3.63) is 35.9 Å². The first-order chi connectivity index (χ1) is 15.8. The van der Waals surface area contributed by atoms with Crippen molar-refractivity contribution in [1.29, 1.82) is 0 Å². The minimum absolute atomic E-state index is 0.160. The smallest absolute Gasteiger partial charge is 0.431 e. The van der Waals surface area contributed by atoms with Gasteiger partial charge in [-0.3, -0.25) is 14.1 Å². The predicted octanol–water partition coefficient (Wildman–Crippen LogP) is 1.20. The quantitative estimate of drug-likeness (QED) is 0.234. The van der Waals surface area contributed by atoms with Crippen LogP contribution in [0.4, 0.5) is 17.6 Å². The lowest BCUT2D eigenvalue weighted by atomic mass is 9.78. The number of carbonyl (C=O) groups excluding carboxylic acids is 3. The van der Waals surface area contributed by atoms with Crippen LogP contribution < -0.4 is 0 Å². The van der Waals surface area contributed by atoms with Crippen LogP contribution >= 0.6 is 0 Å². The number of hydrogen-bond acceptors (Lipinski definition) is 9. The molecule has 1 aromatic rings. The average Bonchev–Trinajstić information content (AvgIpc) is 3.37. The molecule has 2 bridgehead atoms. The van der Waals surface area contributed by atoms with Gasteiger partial charge in [0.2, 0.25) is 0 Å². The number of ether oxygens (including phenoxy) is 4. The Bertz CT molecular complexity index is 1110. The highest BCUT2D eigenvalue weighted by Gasteiger charge is 2.72. The van der Waals surface area contributed by atoms with E-state index in [4.69, 9.17) is 18.8 Å². The van der Waals surface area contributed by atoms with Gasteiger partial charge in [-0.2, -0.15) is 26.0 Å². The molecular weight excluding hydrogens is 496 g/mol. The Hall–Kier alpha value is -2.78. The van der Waals surface area contributed by atoms with Crippen molar-refractivity contribution in [3.63, 3.8) is 0 Å². The van der Waals surface area contributed by atoms with Crippen LogP contribution in [-0.2, 0) is 38.7 Å². The summed E-state index contributed by atoms with van der Waals surface area (Å²) >= 11 is 0. The fourth-order valence-corrected chi connectivity index (χ4v) is 4.69. The number of halogens is 4. The van der Waals surface area contributed by atoms with Crippen molar-refractivity contribution < 1.29 is 63.9 Å². The summed E-state index contributed by atoms with van der Waals surface area (Å²) in [5.41, 5.74) is 0.160. The molecule has 0 aliphatic carbocycles. The highest BCUT2D eigenvalue weighted by molar-refractivity contribution is 7.87. The van der Waals surface area contributed by atoms with Gasteiger partial charge in [-0.1, -0.05) is 18.2 Å². The molecule has 0 radical (unpaired) electrons. The van der Waals surface area contributed by atoms with Crippen molar-refractivity contribution in [2.45, 2.75) is 42.0 Å². The van der Waals surface area contributed by atoms with Crippen LogP contribution in [0, 0.1) is 11.8 Å². The molecule has 1 N–H and O–H groups in total. The van der Waals surface area contributed by atoms with Crippen LogP contribution in [0.15, 0.2) is 30.3 Å². The number of esters is 3. The van der Waals surface area contributed by atoms with E-state index in [1.807, 2.05) is 0 Å². The van der Waals surface area contributed by atoms with E-state index in [1.165, 1.54) is 12.1 Å². The fraction of sp³-hybridized carbons (Fsp3) is 0.526. The molecule has 0 amide bonds. The normalized spacial score (nSPS) is 30.2. The SMILES string of the molecule is O=C(OC1C2OC(=O)C3C2OC1C3C(=O)OCCC(F)(F)C(F)(F)S(=O)(=O)O)c1ccccc1. The monoisotopic (exact) mass is 512 g/mol. The molecule has 0 saturated carbocycles. The average molecular weight is 512 g/mol. The van der Waals surface area contributed by atoms with Crippen molar-refractivity contribution in [2.24, 2.45) is 11.8 Å². The Kier molecular flexibility index (Phi) is 5.85. The van der Waals surface area contributed by atoms with E-state index >= 15 is 0 Å². The van der Waals surface area contributed by atoms with Gasteiger partial charge < -0.3 is 18.9 Å². The van der Waals surface area contributed by atoms with Crippen molar-refractivity contribution >= 4 is 28.0 Å². The molecule has 4 rings (SSSR count). The summed E-state index contributed by atoms with van der Waals surface area (Å²) in [6.07, 6.45) is -6.38. The number of carbonyl (C=O) groups is 3. The lowest BCUT2D eigenvalue weighted by Gasteiger charge is -2.27. The summed E-state index contributed by atoms with van der Waals surface area (Å²) in [4.78, 5) is 37.2. The zero-order valence-corrected chi connectivity index (χ0v) is 17.6. The molecule has 34 heavy (non-hydrogen) atoms. The number of benzene rings is 1. The highest BCUT2D eigenvalue weighted by Crippen LogP contribution is 2.51. The Morgan fingerprint density at radius 2 is 1.71 bits per heavy atom. The molecule has 3 aliphatic rings. The van der Waals surface area contributed by atoms with Crippen molar-refractivity contribution in [3.8, 4) is 0 Å². The largest absolute Gasteiger partial charge is 0.465 e. The van der Waals surface area contributed by atoms with Crippen LogP contribution in [0.2, 0.25) is 0 Å². The fourth-order valence-electron chi connectivity index (χ4n) is 4.22. The molecule has 10 nitrogen and oxygen atoms in total. The van der Waals surface area contributed by atoms with Gasteiger partial charge in [0.25, 0.3) is 0 Å². The van der Waals surface area contributed by atoms with Crippen LogP contribution in [-0.4, -0.2) is 73.1 Å². The van der Waals surface area contributed by atoms with Crippen LogP contribution in [0.5, 0.6) is 0 Å². The third-order valence-electron chi connectivity index (χ3n) is 5.84. The first kappa shape index (κ1) is 24.3. The second-order valence-electron chi connectivity index (χ2n) is 7.87. The van der Waals surface area contributed by atoms with Crippen molar-refractivity contribution in [2.75, 3.05) is 6.61 Å². The molecule has 3 fully saturated rings. The maximum absolute atomic E-state index is 13.6. The van der Waals surface area contributed by atoms with E-state index in [2.05, 4.69) is 4.74 Å². The molecule has 0 spiro atoms. The second kappa shape index (κ2) is 8.16. The minimum Gasteiger partial charge on any atom is -0.465 e. The number of alkyl halides is 4. The third-order valence-corrected chi connectivity index (χ3v) is 6.79. The Labute approximate surface area is 188 Å². The molecule has 6 atom stereocenters. The first-order valence-electron chi connectivity index (χ1n) is 9.77. The van der Waals surface area contributed by atoms with Gasteiger partial charge in [0.15, 0.2) is 12.2 Å². The molecule has 15 heteroatoms. The maximum Gasteiger partial charge on any atom is 0.431 e. The number of fused-ring (bicyclic) bond motifs is 1. The van der Waals surface area contributed by atoms with Gasteiger partial charge in [-0.05, 0) is 12.1 Å². The molecule has 3 heterocycles. The van der Waals surface area contributed by atoms with Crippen LogP contribution in [0.1, 0.15) is 16.8 Å². The maximum atomic E-state index is 13.6. The minimum atomic E-state index is -6.44. The lowest BCUT2D eigenvalue weighted by molar-refractivity contribution is -0.177. The van der Waals surface area contributed by atoms with E-state index in [1.54, 1.807) is 18.2 Å². The molecular formula is C19H16F4O10S. The van der Waals surface area contributed by atoms with E-state index < -0.39 is 88.5 Å². The predicted molar refractivity (Wildman–Crippen MR) is 98.2 cm³/mol. The zero-order chi connectivity index (χ0) is 25.1. The summed E-state index contributed by atoms with van der Waals surface area (Å²) in [5.74, 6) is -10.9. The summed E-state index contributed by atoms with van der Waals surface area (Å²) in [5, 5.41) is -5.82. The van der Waals surface area contributed by atoms with Crippen LogP contribution in [0.25, 0.3) is 0 Å². The lowest BCUT2D eigenvalue weighted by Crippen LogP contribution is -2.49. The van der Waals surface area contributed by atoms with Gasteiger partial charge in [0, 0.05) is 0 Å². The zero-order valence-electron chi connectivity index (χ0n) is 16.8. The molecule has 186 valence electrons. The first-order valence-corrected chi connectivity index (χ1v) is 11.2. The molecule has 6 unspecified atom stereocenters. The third kappa shape index (κ3) is 3.80. The van der Waals surface area contributed by atoms with Gasteiger partial charge in [-0.25, -0.2) is 4.79 Å². The molecule has 0 aromatic heterocycles. The topological polar surface area (TPSA) is 142 Å². The van der Waals surface area contributed by atoms with Crippen LogP contribution in [0.3, 0.4) is 0 Å². The van der Waals surface area contributed by atoms with Gasteiger partial charge in [-0.15, -0.1) is 0 Å². The van der Waals surface area contributed by atoms with E-state index in [9.17, 15) is 40.4 Å². The summed E-state index contributed by atoms with van der Waals surface area (Å²) in [6, 6.07) is 7.70. The summed E-state index contributed by atoms with van der Waals surface area (Å²) in [6.45, 7) is -1.37. The highest BCUT2D eigenvalue weighted by atomic mass is 32.2. The Morgan fingerprint density at radius 1 is 1.06 bits per heavy atom. The standard InChI is InChI=1S/C19H16F4O10S/c20-18(21,19(22,23)34(27,28)29)6-7-30-16(25)9-10-12-14(33-17(10)26)13(11(9)31-12)32-15(24)8-4-2-1-3-5-8/h1-5,9-14H,6-7H2,(H,27,28,29). The second-order valence-corrected chi connectivity index (χ2v) is 9.33. The van der Waals surface area contributed by atoms with Gasteiger partial charge in [0.1, 0.15) is 24.0 Å². The summed E-state index contributed by atoms with van der Waals surface area (Å²) < 4.78 is 104. The van der Waals surface area contributed by atoms with Crippen molar-refractivity contribution in [1.82, 2.24) is 0 Å². The number of hydrogen-bond donors (Lipinski definition) is 1.